The highest BCUT2D eigenvalue weighted by Gasteiger charge is 2.04. The first kappa shape index (κ1) is 10.9. The largest absolute Gasteiger partial charge is 0.368 e. The first-order valence-electron chi connectivity index (χ1n) is 5.71. The first-order valence-corrected chi connectivity index (χ1v) is 5.71. The molecule has 1 N–H and O–H groups in total. The van der Waals surface area contributed by atoms with E-state index in [1.807, 2.05) is 0 Å². The fourth-order valence-corrected chi connectivity index (χ4v) is 1.87. The lowest BCUT2D eigenvalue weighted by Crippen LogP contribution is -2.10. The van der Waals surface area contributed by atoms with Crippen LogP contribution in [0.4, 0.5) is 5.82 Å². The Hall–Kier alpha value is -1.57. The molecule has 1 heterocycles. The van der Waals surface area contributed by atoms with E-state index in [-0.39, 0.29) is 0 Å². The predicted molar refractivity (Wildman–Crippen MR) is 70.0 cm³/mol. The Labute approximate surface area is 96.7 Å². The van der Waals surface area contributed by atoms with Crippen molar-refractivity contribution in [1.29, 1.82) is 0 Å². The number of hydrogen-bond donors (Lipinski definition) is 1. The molecule has 0 unspecified atom stereocenters. The van der Waals surface area contributed by atoms with Crippen molar-refractivity contribution in [2.75, 3.05) is 5.32 Å². The molecule has 0 saturated carbocycles. The molecule has 0 spiro atoms. The number of aryl methyl sites for hydroxylation is 2. The minimum atomic E-state index is 0.412. The lowest BCUT2D eigenvalue weighted by Gasteiger charge is -2.11. The van der Waals surface area contributed by atoms with Crippen molar-refractivity contribution >= 4 is 16.7 Å². The van der Waals surface area contributed by atoms with E-state index in [2.05, 4.69) is 62.3 Å². The summed E-state index contributed by atoms with van der Waals surface area (Å²) in [6, 6.07) is 8.89. The van der Waals surface area contributed by atoms with Crippen molar-refractivity contribution in [1.82, 2.24) is 4.98 Å². The van der Waals surface area contributed by atoms with Gasteiger partial charge in [0.2, 0.25) is 0 Å². The number of anilines is 1. The summed E-state index contributed by atoms with van der Waals surface area (Å²) < 4.78 is 0. The van der Waals surface area contributed by atoms with Gasteiger partial charge in [-0.15, -0.1) is 0 Å². The van der Waals surface area contributed by atoms with Gasteiger partial charge in [-0.25, -0.2) is 4.98 Å². The van der Waals surface area contributed by atoms with Gasteiger partial charge in [0.1, 0.15) is 5.82 Å². The van der Waals surface area contributed by atoms with Crippen LogP contribution >= 0.6 is 0 Å². The maximum Gasteiger partial charge on any atom is 0.126 e. The molecule has 2 heteroatoms. The summed E-state index contributed by atoms with van der Waals surface area (Å²) in [6.07, 6.45) is 0. The predicted octanol–water partition coefficient (Wildman–Crippen LogP) is 3.67. The number of nitrogens with zero attached hydrogens (tertiary/aromatic N) is 1. The smallest absolute Gasteiger partial charge is 0.126 e. The van der Waals surface area contributed by atoms with Crippen LogP contribution in [0, 0.1) is 13.8 Å². The molecule has 0 aliphatic heterocycles. The highest BCUT2D eigenvalue weighted by Crippen LogP contribution is 2.22. The lowest BCUT2D eigenvalue weighted by atomic mass is 10.1. The van der Waals surface area contributed by atoms with Crippen LogP contribution in [0.5, 0.6) is 0 Å². The molecular formula is C14H18N2. The number of rotatable bonds is 2. The van der Waals surface area contributed by atoms with Gasteiger partial charge in [0.05, 0.1) is 5.52 Å². The van der Waals surface area contributed by atoms with Crippen LogP contribution in [0.15, 0.2) is 24.3 Å². The quantitative estimate of drug-likeness (QED) is 0.825. The number of benzene rings is 1. The fourth-order valence-electron chi connectivity index (χ4n) is 1.87. The van der Waals surface area contributed by atoms with E-state index < -0.39 is 0 Å². The number of fused-ring (bicyclic) bond motifs is 1. The zero-order valence-electron chi connectivity index (χ0n) is 10.3. The normalized spacial score (nSPS) is 11.1. The van der Waals surface area contributed by atoms with Gasteiger partial charge in [0.25, 0.3) is 0 Å². The molecule has 1 aromatic carbocycles. The van der Waals surface area contributed by atoms with Crippen LogP contribution in [0.25, 0.3) is 10.9 Å². The lowest BCUT2D eigenvalue weighted by molar-refractivity contribution is 0.891. The Kier molecular flexibility index (Phi) is 2.82. The molecule has 0 aliphatic carbocycles. The second-order valence-corrected chi connectivity index (χ2v) is 4.59. The summed E-state index contributed by atoms with van der Waals surface area (Å²) in [5.74, 6) is 0.955. The maximum atomic E-state index is 4.66. The van der Waals surface area contributed by atoms with E-state index in [0.717, 1.165) is 11.3 Å². The number of nitrogens with one attached hydrogen (secondary N) is 1. The third-order valence-corrected chi connectivity index (χ3v) is 2.71. The zero-order valence-corrected chi connectivity index (χ0v) is 10.3. The average Bonchev–Trinajstić information content (AvgIpc) is 2.23. The molecule has 0 amide bonds. The van der Waals surface area contributed by atoms with Crippen molar-refractivity contribution in [3.05, 3.63) is 35.4 Å². The maximum absolute atomic E-state index is 4.66. The topological polar surface area (TPSA) is 24.9 Å². The van der Waals surface area contributed by atoms with Crippen LogP contribution in [0.2, 0.25) is 0 Å². The van der Waals surface area contributed by atoms with Gasteiger partial charge in [-0.3, -0.25) is 0 Å². The van der Waals surface area contributed by atoms with Crippen molar-refractivity contribution in [2.24, 2.45) is 0 Å². The van der Waals surface area contributed by atoms with Crippen LogP contribution in [-0.2, 0) is 0 Å². The third-order valence-electron chi connectivity index (χ3n) is 2.71. The Morgan fingerprint density at radius 3 is 2.38 bits per heavy atom. The van der Waals surface area contributed by atoms with Gasteiger partial charge in [-0.2, -0.15) is 0 Å². The monoisotopic (exact) mass is 214 g/mol. The second-order valence-electron chi connectivity index (χ2n) is 4.59. The summed E-state index contributed by atoms with van der Waals surface area (Å²) in [5.41, 5.74) is 3.61. The minimum absolute atomic E-state index is 0.412. The van der Waals surface area contributed by atoms with E-state index >= 15 is 0 Å². The Morgan fingerprint density at radius 2 is 1.69 bits per heavy atom. The zero-order chi connectivity index (χ0) is 11.7. The Balaban J connectivity index is 2.57. The number of hydrogen-bond acceptors (Lipinski definition) is 2. The van der Waals surface area contributed by atoms with E-state index in [1.54, 1.807) is 0 Å². The van der Waals surface area contributed by atoms with Gasteiger partial charge < -0.3 is 5.32 Å². The summed E-state index contributed by atoms with van der Waals surface area (Å²) in [7, 11) is 0. The molecular weight excluding hydrogens is 196 g/mol. The highest BCUT2D eigenvalue weighted by molar-refractivity contribution is 5.86. The van der Waals surface area contributed by atoms with Crippen LogP contribution in [-0.4, -0.2) is 11.0 Å². The standard InChI is InChI=1S/C14H18N2/c1-9(2)15-13-8-7-12-10(3)5-6-11(4)14(12)16-13/h5-9H,1-4H3,(H,15,16). The summed E-state index contributed by atoms with van der Waals surface area (Å²) in [4.78, 5) is 4.66. The van der Waals surface area contributed by atoms with E-state index in [1.165, 1.54) is 16.5 Å². The van der Waals surface area contributed by atoms with Gasteiger partial charge in [0, 0.05) is 11.4 Å². The van der Waals surface area contributed by atoms with Crippen molar-refractivity contribution in [3.8, 4) is 0 Å². The Bertz CT molecular complexity index is 515. The molecule has 2 nitrogen and oxygen atoms in total. The van der Waals surface area contributed by atoms with E-state index in [4.69, 9.17) is 0 Å². The SMILES string of the molecule is Cc1ccc(C)c2nc(NC(C)C)ccc12. The van der Waals surface area contributed by atoms with E-state index in [0.29, 0.717) is 6.04 Å². The van der Waals surface area contributed by atoms with Crippen molar-refractivity contribution in [3.63, 3.8) is 0 Å². The third kappa shape index (κ3) is 2.01. The molecule has 2 rings (SSSR count). The molecule has 2 aromatic rings. The highest BCUT2D eigenvalue weighted by atomic mass is 15.0. The van der Waals surface area contributed by atoms with Crippen LogP contribution in [0.1, 0.15) is 25.0 Å². The van der Waals surface area contributed by atoms with Crippen molar-refractivity contribution < 1.29 is 0 Å². The minimum Gasteiger partial charge on any atom is -0.368 e. The van der Waals surface area contributed by atoms with Gasteiger partial charge >= 0.3 is 0 Å². The molecule has 0 atom stereocenters. The van der Waals surface area contributed by atoms with Gasteiger partial charge in [-0.05, 0) is 51.0 Å². The summed E-state index contributed by atoms with van der Waals surface area (Å²) in [5, 5.41) is 4.58. The molecule has 0 bridgehead atoms. The molecule has 0 radical (unpaired) electrons. The molecule has 1 aromatic heterocycles. The van der Waals surface area contributed by atoms with E-state index in [9.17, 15) is 0 Å². The molecule has 0 aliphatic rings. The van der Waals surface area contributed by atoms with Crippen LogP contribution < -0.4 is 5.32 Å². The second kappa shape index (κ2) is 4.12. The molecule has 0 saturated heterocycles. The molecule has 16 heavy (non-hydrogen) atoms. The summed E-state index contributed by atoms with van der Waals surface area (Å²) in [6.45, 7) is 8.47. The number of pyridine rings is 1. The summed E-state index contributed by atoms with van der Waals surface area (Å²) >= 11 is 0. The van der Waals surface area contributed by atoms with Crippen LogP contribution in [0.3, 0.4) is 0 Å². The fraction of sp³-hybridized carbons (Fsp3) is 0.357. The molecule has 84 valence electrons. The van der Waals surface area contributed by atoms with Gasteiger partial charge in [0.15, 0.2) is 0 Å². The molecule has 0 fully saturated rings. The number of aromatic nitrogens is 1. The van der Waals surface area contributed by atoms with Gasteiger partial charge in [-0.1, -0.05) is 12.1 Å². The average molecular weight is 214 g/mol. The first-order chi connectivity index (χ1) is 7.58. The van der Waals surface area contributed by atoms with Crippen molar-refractivity contribution in [2.45, 2.75) is 33.7 Å². The Morgan fingerprint density at radius 1 is 1.00 bits per heavy atom.